The van der Waals surface area contributed by atoms with Gasteiger partial charge in [-0.1, -0.05) is 10.4 Å². The maximum atomic E-state index is 12.9. The second kappa shape index (κ2) is 6.25. The van der Waals surface area contributed by atoms with Crippen LogP contribution in [0.1, 0.15) is 38.3 Å². The minimum atomic E-state index is -0.341. The molecule has 0 bridgehead atoms. The van der Waals surface area contributed by atoms with E-state index in [1.54, 1.807) is 12.1 Å². The Morgan fingerprint density at radius 3 is 2.39 bits per heavy atom. The van der Waals surface area contributed by atoms with Gasteiger partial charge in [0.25, 0.3) is 11.1 Å². The number of aromatic nitrogens is 10. The van der Waals surface area contributed by atoms with Gasteiger partial charge in [0.2, 0.25) is 0 Å². The molecule has 12 heteroatoms. The van der Waals surface area contributed by atoms with Crippen molar-refractivity contribution in [3.63, 3.8) is 0 Å². The summed E-state index contributed by atoms with van der Waals surface area (Å²) in [5, 5.41) is 28.5. The maximum absolute atomic E-state index is 12.9. The molecule has 28 heavy (non-hydrogen) atoms. The van der Waals surface area contributed by atoms with Crippen LogP contribution in [0.3, 0.4) is 0 Å². The van der Waals surface area contributed by atoms with E-state index in [0.29, 0.717) is 28.4 Å². The van der Waals surface area contributed by atoms with Gasteiger partial charge in [-0.2, -0.15) is 4.80 Å². The minimum absolute atomic E-state index is 0.102. The molecule has 4 aromatic rings. The van der Waals surface area contributed by atoms with Crippen molar-refractivity contribution in [2.75, 3.05) is 0 Å². The SMILES string of the molecule is CC(Cn1ncnn1)n1nnc2cc3c(=O)n(C4CCC4)nnc3cc2c1=O. The lowest BCUT2D eigenvalue weighted by molar-refractivity contribution is 0.272. The van der Waals surface area contributed by atoms with Crippen LogP contribution in [-0.4, -0.2) is 50.2 Å². The lowest BCUT2D eigenvalue weighted by atomic mass is 9.93. The zero-order valence-electron chi connectivity index (χ0n) is 15.0. The van der Waals surface area contributed by atoms with Crippen molar-refractivity contribution in [1.82, 2.24) is 50.2 Å². The van der Waals surface area contributed by atoms with Crippen LogP contribution in [0.4, 0.5) is 0 Å². The van der Waals surface area contributed by atoms with Gasteiger partial charge in [0, 0.05) is 0 Å². The highest BCUT2D eigenvalue weighted by Gasteiger charge is 2.23. The normalized spacial score (nSPS) is 15.8. The fourth-order valence-electron chi connectivity index (χ4n) is 3.35. The third-order valence-electron chi connectivity index (χ3n) is 5.15. The van der Waals surface area contributed by atoms with E-state index < -0.39 is 0 Å². The highest BCUT2D eigenvalue weighted by Crippen LogP contribution is 2.29. The Hall–Kier alpha value is -3.57. The third-order valence-corrected chi connectivity index (χ3v) is 5.15. The van der Waals surface area contributed by atoms with Gasteiger partial charge in [0.15, 0.2) is 6.33 Å². The maximum Gasteiger partial charge on any atom is 0.277 e. The summed E-state index contributed by atoms with van der Waals surface area (Å²) in [4.78, 5) is 27.0. The van der Waals surface area contributed by atoms with Gasteiger partial charge in [-0.3, -0.25) is 9.59 Å². The number of hydrogen-bond acceptors (Lipinski definition) is 9. The molecule has 0 aliphatic heterocycles. The van der Waals surface area contributed by atoms with E-state index in [1.807, 2.05) is 6.92 Å². The Kier molecular flexibility index (Phi) is 3.70. The van der Waals surface area contributed by atoms with Gasteiger partial charge in [-0.15, -0.1) is 20.4 Å². The van der Waals surface area contributed by atoms with Crippen LogP contribution in [0.2, 0.25) is 0 Å². The largest absolute Gasteiger partial charge is 0.277 e. The van der Waals surface area contributed by atoms with E-state index in [1.165, 1.54) is 20.5 Å². The molecule has 0 amide bonds. The van der Waals surface area contributed by atoms with Crippen LogP contribution >= 0.6 is 0 Å². The van der Waals surface area contributed by atoms with Crippen molar-refractivity contribution in [2.45, 2.75) is 44.8 Å². The molecule has 0 radical (unpaired) electrons. The fourth-order valence-corrected chi connectivity index (χ4v) is 3.35. The molecule has 12 nitrogen and oxygen atoms in total. The molecule has 1 fully saturated rings. The Labute approximate surface area is 156 Å². The Bertz CT molecular complexity index is 1290. The van der Waals surface area contributed by atoms with Crippen molar-refractivity contribution in [3.8, 4) is 0 Å². The Morgan fingerprint density at radius 1 is 1.04 bits per heavy atom. The minimum Gasteiger partial charge on any atom is -0.267 e. The topological polar surface area (TPSA) is 139 Å². The lowest BCUT2D eigenvalue weighted by Gasteiger charge is -2.25. The summed E-state index contributed by atoms with van der Waals surface area (Å²) in [5.41, 5.74) is 0.179. The van der Waals surface area contributed by atoms with Gasteiger partial charge >= 0.3 is 0 Å². The first kappa shape index (κ1) is 16.6. The summed E-state index contributed by atoms with van der Waals surface area (Å²) in [5.74, 6) is 0. The Balaban J connectivity index is 1.61. The van der Waals surface area contributed by atoms with E-state index in [0.717, 1.165) is 19.3 Å². The first-order chi connectivity index (χ1) is 13.6. The second-order valence-corrected chi connectivity index (χ2v) is 6.99. The van der Waals surface area contributed by atoms with Crippen molar-refractivity contribution in [3.05, 3.63) is 39.2 Å². The monoisotopic (exact) mass is 380 g/mol. The van der Waals surface area contributed by atoms with Gasteiger partial charge in [-0.25, -0.2) is 9.36 Å². The average Bonchev–Trinajstić information content (AvgIpc) is 3.15. The van der Waals surface area contributed by atoms with Crippen molar-refractivity contribution in [1.29, 1.82) is 0 Å². The van der Waals surface area contributed by atoms with Crippen LogP contribution in [0.15, 0.2) is 28.0 Å². The molecular formula is C16H16N10O2. The summed E-state index contributed by atoms with van der Waals surface area (Å²) in [6.45, 7) is 2.13. The van der Waals surface area contributed by atoms with E-state index in [2.05, 4.69) is 36.0 Å². The molecule has 0 saturated heterocycles. The molecule has 5 rings (SSSR count). The molecule has 3 heterocycles. The summed E-state index contributed by atoms with van der Waals surface area (Å²) in [6.07, 6.45) is 4.26. The molecule has 1 saturated carbocycles. The first-order valence-corrected chi connectivity index (χ1v) is 9.01. The zero-order chi connectivity index (χ0) is 19.3. The number of tetrazole rings is 1. The summed E-state index contributed by atoms with van der Waals surface area (Å²) < 4.78 is 2.69. The molecule has 1 aliphatic carbocycles. The van der Waals surface area contributed by atoms with Crippen molar-refractivity contribution >= 4 is 21.8 Å². The van der Waals surface area contributed by atoms with Crippen LogP contribution in [0, 0.1) is 0 Å². The van der Waals surface area contributed by atoms with E-state index in [4.69, 9.17) is 0 Å². The van der Waals surface area contributed by atoms with E-state index >= 15 is 0 Å². The van der Waals surface area contributed by atoms with Crippen LogP contribution < -0.4 is 11.1 Å². The molecular weight excluding hydrogens is 364 g/mol. The number of rotatable bonds is 4. The van der Waals surface area contributed by atoms with Crippen molar-refractivity contribution in [2.24, 2.45) is 0 Å². The Morgan fingerprint density at radius 2 is 1.75 bits per heavy atom. The van der Waals surface area contributed by atoms with Gasteiger partial charge in [-0.05, 0) is 43.5 Å². The lowest BCUT2D eigenvalue weighted by Crippen LogP contribution is -2.32. The molecule has 1 aliphatic rings. The molecule has 142 valence electrons. The van der Waals surface area contributed by atoms with Gasteiger partial charge in [0.05, 0.1) is 29.4 Å². The van der Waals surface area contributed by atoms with Gasteiger partial charge < -0.3 is 0 Å². The quantitative estimate of drug-likeness (QED) is 0.443. The predicted octanol–water partition coefficient (Wildman–Crippen LogP) is -0.131. The van der Waals surface area contributed by atoms with E-state index in [9.17, 15) is 9.59 Å². The molecule has 1 aromatic carbocycles. The highest BCUT2D eigenvalue weighted by atomic mass is 16.1. The standard InChI is InChI=1S/C16H16N10O2/c1-9(7-24-18-8-17-21-24)25-15(27)11-5-14-12(6-13(11)19-22-25)16(28)26(23-20-14)10-3-2-4-10/h5-6,8-10H,2-4,7H2,1H3. The van der Waals surface area contributed by atoms with Crippen LogP contribution in [-0.2, 0) is 6.54 Å². The third kappa shape index (κ3) is 2.56. The number of benzene rings is 1. The molecule has 1 unspecified atom stereocenters. The molecule has 3 aromatic heterocycles. The number of fused-ring (bicyclic) bond motifs is 2. The molecule has 0 spiro atoms. The highest BCUT2D eigenvalue weighted by molar-refractivity contribution is 5.93. The summed E-state index contributed by atoms with van der Waals surface area (Å²) in [7, 11) is 0. The fraction of sp³-hybridized carbons (Fsp3) is 0.438. The zero-order valence-corrected chi connectivity index (χ0v) is 15.0. The first-order valence-electron chi connectivity index (χ1n) is 9.01. The number of hydrogen-bond donors (Lipinski definition) is 0. The molecule has 0 N–H and O–H groups in total. The summed E-state index contributed by atoms with van der Waals surface area (Å²) in [6, 6.07) is 2.88. The summed E-state index contributed by atoms with van der Waals surface area (Å²) >= 11 is 0. The second-order valence-electron chi connectivity index (χ2n) is 6.99. The molecule has 1 atom stereocenters. The van der Waals surface area contributed by atoms with Crippen molar-refractivity contribution < 1.29 is 0 Å². The van der Waals surface area contributed by atoms with Crippen LogP contribution in [0.5, 0.6) is 0 Å². The predicted molar refractivity (Wildman–Crippen MR) is 96.6 cm³/mol. The average molecular weight is 380 g/mol. The smallest absolute Gasteiger partial charge is 0.267 e. The number of nitrogens with zero attached hydrogens (tertiary/aromatic N) is 10. The van der Waals surface area contributed by atoms with Crippen LogP contribution in [0.25, 0.3) is 21.8 Å². The van der Waals surface area contributed by atoms with E-state index in [-0.39, 0.29) is 23.2 Å². The van der Waals surface area contributed by atoms with Gasteiger partial charge in [0.1, 0.15) is 11.0 Å².